The molecule has 1 atom stereocenters. The maximum Gasteiger partial charge on any atom is 0.225 e. The van der Waals surface area contributed by atoms with Crippen LogP contribution in [0.2, 0.25) is 0 Å². The predicted octanol–water partition coefficient (Wildman–Crippen LogP) is 4.64. The van der Waals surface area contributed by atoms with Crippen LogP contribution in [0.15, 0.2) is 58.0 Å². The van der Waals surface area contributed by atoms with Gasteiger partial charge in [0.05, 0.1) is 18.7 Å². The number of amides is 1. The second kappa shape index (κ2) is 6.36. The van der Waals surface area contributed by atoms with Crippen LogP contribution in [0.1, 0.15) is 29.2 Å². The summed E-state index contributed by atoms with van der Waals surface area (Å²) in [6, 6.07) is 14.5. The zero-order valence-corrected chi connectivity index (χ0v) is 14.4. The molecule has 0 radical (unpaired) electrons. The SMILES string of the molecule is Cc1ccc2c(CC(=O)N[C@H]3CCSc4ccccc43)coc2c1. The molecule has 1 aromatic heterocycles. The second-order valence-electron chi connectivity index (χ2n) is 6.23. The van der Waals surface area contributed by atoms with Gasteiger partial charge in [0, 0.05) is 21.6 Å². The minimum Gasteiger partial charge on any atom is -0.464 e. The molecule has 2 heterocycles. The number of aryl methyl sites for hydroxylation is 1. The lowest BCUT2D eigenvalue weighted by Gasteiger charge is -2.25. The summed E-state index contributed by atoms with van der Waals surface area (Å²) in [5.74, 6) is 1.08. The van der Waals surface area contributed by atoms with Gasteiger partial charge in [0.1, 0.15) is 5.58 Å². The lowest BCUT2D eigenvalue weighted by molar-refractivity contribution is -0.121. The van der Waals surface area contributed by atoms with E-state index in [-0.39, 0.29) is 11.9 Å². The Balaban J connectivity index is 1.51. The summed E-state index contributed by atoms with van der Waals surface area (Å²) in [6.07, 6.45) is 3.02. The number of rotatable bonds is 3. The van der Waals surface area contributed by atoms with Crippen LogP contribution in [-0.4, -0.2) is 11.7 Å². The van der Waals surface area contributed by atoms with Crippen LogP contribution in [0.3, 0.4) is 0 Å². The first-order chi connectivity index (χ1) is 11.7. The first-order valence-corrected chi connectivity index (χ1v) is 9.17. The molecule has 0 fully saturated rings. The average molecular weight is 337 g/mol. The quantitative estimate of drug-likeness (QED) is 0.757. The van der Waals surface area contributed by atoms with Crippen molar-refractivity contribution in [2.24, 2.45) is 0 Å². The van der Waals surface area contributed by atoms with Crippen LogP contribution in [0, 0.1) is 6.92 Å². The Morgan fingerprint density at radius 3 is 3.08 bits per heavy atom. The van der Waals surface area contributed by atoms with Crippen molar-refractivity contribution in [2.45, 2.75) is 30.7 Å². The first kappa shape index (κ1) is 15.3. The van der Waals surface area contributed by atoms with Crippen LogP contribution in [0.4, 0.5) is 0 Å². The van der Waals surface area contributed by atoms with Crippen LogP contribution in [-0.2, 0) is 11.2 Å². The van der Waals surface area contributed by atoms with Gasteiger partial charge in [-0.2, -0.15) is 0 Å². The molecule has 122 valence electrons. The zero-order valence-electron chi connectivity index (χ0n) is 13.5. The van der Waals surface area contributed by atoms with E-state index in [2.05, 4.69) is 23.5 Å². The van der Waals surface area contributed by atoms with Crippen molar-refractivity contribution in [3.8, 4) is 0 Å². The summed E-state index contributed by atoms with van der Waals surface area (Å²) in [7, 11) is 0. The van der Waals surface area contributed by atoms with Crippen LogP contribution >= 0.6 is 11.8 Å². The molecular weight excluding hydrogens is 318 g/mol. The van der Waals surface area contributed by atoms with Gasteiger partial charge in [0.25, 0.3) is 0 Å². The lowest BCUT2D eigenvalue weighted by atomic mass is 10.0. The molecular formula is C20H19NO2S. The van der Waals surface area contributed by atoms with Gasteiger partial charge < -0.3 is 9.73 Å². The van der Waals surface area contributed by atoms with E-state index in [9.17, 15) is 4.79 Å². The number of fused-ring (bicyclic) bond motifs is 2. The largest absolute Gasteiger partial charge is 0.464 e. The lowest BCUT2D eigenvalue weighted by Crippen LogP contribution is -2.31. The molecule has 1 aliphatic rings. The minimum atomic E-state index is 0.0463. The van der Waals surface area contributed by atoms with E-state index in [1.165, 1.54) is 10.5 Å². The average Bonchev–Trinajstić information content (AvgIpc) is 2.97. The van der Waals surface area contributed by atoms with Crippen molar-refractivity contribution < 1.29 is 9.21 Å². The summed E-state index contributed by atoms with van der Waals surface area (Å²) >= 11 is 1.86. The number of nitrogens with one attached hydrogen (secondary N) is 1. The molecule has 3 aromatic rings. The molecule has 0 aliphatic carbocycles. The van der Waals surface area contributed by atoms with Crippen LogP contribution < -0.4 is 5.32 Å². The maximum absolute atomic E-state index is 12.5. The fourth-order valence-electron chi connectivity index (χ4n) is 3.24. The fraction of sp³-hybridized carbons (Fsp3) is 0.250. The summed E-state index contributed by atoms with van der Waals surface area (Å²) in [5, 5.41) is 4.22. The highest BCUT2D eigenvalue weighted by atomic mass is 32.2. The Morgan fingerprint density at radius 1 is 1.29 bits per heavy atom. The Morgan fingerprint density at radius 2 is 2.17 bits per heavy atom. The van der Waals surface area contributed by atoms with E-state index < -0.39 is 0 Å². The monoisotopic (exact) mass is 337 g/mol. The number of carbonyl (C=O) groups is 1. The number of hydrogen-bond donors (Lipinski definition) is 1. The molecule has 0 spiro atoms. The highest BCUT2D eigenvalue weighted by Gasteiger charge is 2.22. The van der Waals surface area contributed by atoms with Gasteiger partial charge in [0.2, 0.25) is 5.91 Å². The highest BCUT2D eigenvalue weighted by Crippen LogP contribution is 2.35. The molecule has 0 bridgehead atoms. The Hall–Kier alpha value is -2.20. The van der Waals surface area contributed by atoms with Gasteiger partial charge in [-0.05, 0) is 36.6 Å². The summed E-state index contributed by atoms with van der Waals surface area (Å²) in [6.45, 7) is 2.03. The third-order valence-corrected chi connectivity index (χ3v) is 5.58. The molecule has 0 saturated heterocycles. The van der Waals surface area contributed by atoms with Gasteiger partial charge in [0.15, 0.2) is 0 Å². The molecule has 0 saturated carbocycles. The van der Waals surface area contributed by atoms with Gasteiger partial charge in [-0.3, -0.25) is 4.79 Å². The van der Waals surface area contributed by atoms with E-state index in [0.29, 0.717) is 6.42 Å². The number of hydrogen-bond acceptors (Lipinski definition) is 3. The molecule has 24 heavy (non-hydrogen) atoms. The van der Waals surface area contributed by atoms with Crippen molar-refractivity contribution in [2.75, 3.05) is 5.75 Å². The third-order valence-electron chi connectivity index (χ3n) is 4.46. The van der Waals surface area contributed by atoms with Gasteiger partial charge in [-0.25, -0.2) is 0 Å². The number of thioether (sulfide) groups is 1. The van der Waals surface area contributed by atoms with Crippen molar-refractivity contribution in [1.29, 1.82) is 0 Å². The summed E-state index contributed by atoms with van der Waals surface area (Å²) < 4.78 is 5.59. The molecule has 1 amide bonds. The molecule has 1 aliphatic heterocycles. The maximum atomic E-state index is 12.5. The summed E-state index contributed by atoms with van der Waals surface area (Å²) in [5.41, 5.74) is 4.18. The Kier molecular flexibility index (Phi) is 4.07. The second-order valence-corrected chi connectivity index (χ2v) is 7.37. The highest BCUT2D eigenvalue weighted by molar-refractivity contribution is 7.99. The number of furan rings is 1. The topological polar surface area (TPSA) is 42.2 Å². The van der Waals surface area contributed by atoms with E-state index >= 15 is 0 Å². The van der Waals surface area contributed by atoms with Crippen LogP contribution in [0.5, 0.6) is 0 Å². The first-order valence-electron chi connectivity index (χ1n) is 8.18. The van der Waals surface area contributed by atoms with Crippen LogP contribution in [0.25, 0.3) is 11.0 Å². The zero-order chi connectivity index (χ0) is 16.5. The van der Waals surface area contributed by atoms with Crippen molar-refractivity contribution >= 4 is 28.6 Å². The molecule has 3 nitrogen and oxygen atoms in total. The Labute approximate surface area is 145 Å². The van der Waals surface area contributed by atoms with Crippen molar-refractivity contribution in [1.82, 2.24) is 5.32 Å². The predicted molar refractivity (Wildman–Crippen MR) is 97.3 cm³/mol. The third kappa shape index (κ3) is 2.94. The standard InChI is InChI=1S/C20H19NO2S/c1-13-6-7-15-14(12-23-18(15)10-13)11-20(22)21-17-8-9-24-19-5-3-2-4-16(17)19/h2-7,10,12,17H,8-9,11H2,1H3,(H,21,22)/t17-/m0/s1. The molecule has 0 unspecified atom stereocenters. The molecule has 2 aromatic carbocycles. The van der Waals surface area contributed by atoms with Crippen molar-refractivity contribution in [3.05, 3.63) is 65.4 Å². The fourth-order valence-corrected chi connectivity index (χ4v) is 4.36. The minimum absolute atomic E-state index is 0.0463. The van der Waals surface area contributed by atoms with E-state index in [0.717, 1.165) is 34.3 Å². The molecule has 4 heteroatoms. The Bertz CT molecular complexity index is 900. The smallest absolute Gasteiger partial charge is 0.225 e. The summed E-state index contributed by atoms with van der Waals surface area (Å²) in [4.78, 5) is 13.8. The van der Waals surface area contributed by atoms with Gasteiger partial charge in [-0.15, -0.1) is 11.8 Å². The molecule has 1 N–H and O–H groups in total. The van der Waals surface area contributed by atoms with Crippen molar-refractivity contribution in [3.63, 3.8) is 0 Å². The van der Waals surface area contributed by atoms with E-state index in [4.69, 9.17) is 4.42 Å². The van der Waals surface area contributed by atoms with E-state index in [1.54, 1.807) is 6.26 Å². The van der Waals surface area contributed by atoms with E-state index in [1.807, 2.05) is 43.0 Å². The normalized spacial score (nSPS) is 16.8. The molecule has 4 rings (SSSR count). The number of benzene rings is 2. The van der Waals surface area contributed by atoms with Gasteiger partial charge >= 0.3 is 0 Å². The number of carbonyl (C=O) groups excluding carboxylic acids is 1. The van der Waals surface area contributed by atoms with Gasteiger partial charge in [-0.1, -0.05) is 30.3 Å².